The topological polar surface area (TPSA) is 65.2 Å². The molecule has 6 heteroatoms. The van der Waals surface area contributed by atoms with Gasteiger partial charge in [-0.1, -0.05) is 60.2 Å². The number of hydrogen-bond donors (Lipinski definition) is 0. The zero-order valence-electron chi connectivity index (χ0n) is 19.5. The molecule has 0 bridgehead atoms. The molecule has 1 fully saturated rings. The normalized spacial score (nSPS) is 15.3. The van der Waals surface area contributed by atoms with Crippen LogP contribution in [0.3, 0.4) is 0 Å². The molecule has 6 nitrogen and oxygen atoms in total. The van der Waals surface area contributed by atoms with Crippen LogP contribution >= 0.6 is 0 Å². The molecule has 0 aliphatic carbocycles. The summed E-state index contributed by atoms with van der Waals surface area (Å²) in [6.45, 7) is 5.36. The maximum atomic E-state index is 12.7. The highest BCUT2D eigenvalue weighted by atomic mass is 16.1. The number of nitriles is 1. The molecule has 1 aliphatic rings. The van der Waals surface area contributed by atoms with E-state index in [-0.39, 0.29) is 11.6 Å². The average molecular weight is 450 g/mol. The average Bonchev–Trinajstić information content (AvgIpc) is 2.88. The summed E-state index contributed by atoms with van der Waals surface area (Å²) in [5, 5.41) is 9.35. The lowest BCUT2D eigenvalue weighted by molar-refractivity contribution is 0.212. The van der Waals surface area contributed by atoms with E-state index in [1.165, 1.54) is 16.7 Å². The summed E-state index contributed by atoms with van der Waals surface area (Å²) in [5.74, 6) is 0. The van der Waals surface area contributed by atoms with E-state index in [4.69, 9.17) is 0 Å². The van der Waals surface area contributed by atoms with E-state index in [0.717, 1.165) is 37.4 Å². The van der Waals surface area contributed by atoms with Crippen molar-refractivity contribution in [2.75, 3.05) is 31.1 Å². The zero-order chi connectivity index (χ0) is 23.7. The van der Waals surface area contributed by atoms with Crippen molar-refractivity contribution in [3.63, 3.8) is 0 Å². The summed E-state index contributed by atoms with van der Waals surface area (Å²) in [7, 11) is 1.74. The van der Waals surface area contributed by atoms with Crippen LogP contribution in [0.1, 0.15) is 28.4 Å². The Morgan fingerprint density at radius 3 is 2.26 bits per heavy atom. The number of fused-ring (bicyclic) bond motifs is 1. The molecule has 34 heavy (non-hydrogen) atoms. The van der Waals surface area contributed by atoms with Gasteiger partial charge >= 0.3 is 0 Å². The van der Waals surface area contributed by atoms with Crippen LogP contribution in [-0.2, 0) is 7.05 Å². The molecule has 3 heterocycles. The van der Waals surface area contributed by atoms with Crippen molar-refractivity contribution in [2.24, 2.45) is 7.05 Å². The largest absolute Gasteiger partial charge is 0.367 e. The second kappa shape index (κ2) is 9.12. The maximum Gasteiger partial charge on any atom is 0.252 e. The number of piperazine rings is 1. The fourth-order valence-electron chi connectivity index (χ4n) is 4.83. The van der Waals surface area contributed by atoms with Crippen molar-refractivity contribution in [3.05, 3.63) is 106 Å². The second-order valence-electron chi connectivity index (χ2n) is 8.85. The van der Waals surface area contributed by atoms with Crippen LogP contribution in [0.2, 0.25) is 0 Å². The Kier molecular flexibility index (Phi) is 5.87. The Hall–Kier alpha value is -3.95. The van der Waals surface area contributed by atoms with E-state index in [1.807, 2.05) is 6.07 Å². The Morgan fingerprint density at radius 1 is 0.912 bits per heavy atom. The molecule has 1 atom stereocenters. The van der Waals surface area contributed by atoms with Crippen molar-refractivity contribution in [1.82, 2.24) is 14.5 Å². The lowest BCUT2D eigenvalue weighted by atomic mass is 9.95. The summed E-state index contributed by atoms with van der Waals surface area (Å²) in [6, 6.07) is 26.8. The summed E-state index contributed by atoms with van der Waals surface area (Å²) in [5.41, 5.74) is 6.35. The van der Waals surface area contributed by atoms with Gasteiger partial charge in [0.15, 0.2) is 0 Å². The summed E-state index contributed by atoms with van der Waals surface area (Å²) >= 11 is 0. The van der Waals surface area contributed by atoms with Gasteiger partial charge < -0.3 is 9.47 Å². The van der Waals surface area contributed by atoms with Gasteiger partial charge in [0.1, 0.15) is 17.3 Å². The molecule has 1 saturated heterocycles. The Bertz CT molecular complexity index is 1410. The SMILES string of the molecule is Cc1ccc(C(c2ccccc2)N2CCN(c3cc(=O)n(C)c4ccc(C#N)nc34)CC2)cc1. The summed E-state index contributed by atoms with van der Waals surface area (Å²) in [4.78, 5) is 21.9. The lowest BCUT2D eigenvalue weighted by Crippen LogP contribution is -2.48. The number of hydrogen-bond acceptors (Lipinski definition) is 5. The third-order valence-corrected chi connectivity index (χ3v) is 6.71. The molecule has 0 spiro atoms. The van der Waals surface area contributed by atoms with E-state index in [1.54, 1.807) is 23.7 Å². The van der Waals surface area contributed by atoms with Gasteiger partial charge in [0, 0.05) is 39.3 Å². The molecule has 170 valence electrons. The molecule has 1 unspecified atom stereocenters. The Morgan fingerprint density at radius 2 is 1.59 bits per heavy atom. The summed E-state index contributed by atoms with van der Waals surface area (Å²) < 4.78 is 1.59. The molecule has 0 N–H and O–H groups in total. The molecule has 0 radical (unpaired) electrons. The quantitative estimate of drug-likeness (QED) is 0.471. The van der Waals surface area contributed by atoms with Crippen LogP contribution in [0.4, 0.5) is 5.69 Å². The number of rotatable bonds is 4. The third-order valence-electron chi connectivity index (χ3n) is 6.71. The van der Waals surface area contributed by atoms with Crippen LogP contribution in [0.15, 0.2) is 77.6 Å². The first-order chi connectivity index (χ1) is 16.5. The van der Waals surface area contributed by atoms with Gasteiger partial charge in [-0.15, -0.1) is 0 Å². The molecule has 0 saturated carbocycles. The minimum Gasteiger partial charge on any atom is -0.367 e. The first-order valence-electron chi connectivity index (χ1n) is 11.6. The molecule has 2 aromatic heterocycles. The van der Waals surface area contributed by atoms with Gasteiger partial charge in [0.25, 0.3) is 5.56 Å². The first kappa shape index (κ1) is 21.9. The molecule has 4 aromatic rings. The van der Waals surface area contributed by atoms with Crippen molar-refractivity contribution in [3.8, 4) is 6.07 Å². The molecule has 2 aromatic carbocycles. The monoisotopic (exact) mass is 449 g/mol. The van der Waals surface area contributed by atoms with Crippen molar-refractivity contribution in [2.45, 2.75) is 13.0 Å². The van der Waals surface area contributed by atoms with Gasteiger partial charge in [0.2, 0.25) is 0 Å². The standard InChI is InChI=1S/C28H27N5O/c1-20-8-10-22(11-9-20)28(21-6-4-3-5-7-21)33-16-14-32(15-17-33)25-18-26(34)31(2)24-13-12-23(19-29)30-27(24)25/h3-13,18,28H,14-17H2,1-2H3. The number of nitrogens with zero attached hydrogens (tertiary/aromatic N) is 5. The lowest BCUT2D eigenvalue weighted by Gasteiger charge is -2.40. The Labute approximate surface area is 199 Å². The minimum atomic E-state index is -0.0711. The molecule has 0 amide bonds. The van der Waals surface area contributed by atoms with E-state index >= 15 is 0 Å². The smallest absolute Gasteiger partial charge is 0.252 e. The van der Waals surface area contributed by atoms with E-state index in [0.29, 0.717) is 11.2 Å². The highest BCUT2D eigenvalue weighted by molar-refractivity contribution is 5.88. The van der Waals surface area contributed by atoms with Gasteiger partial charge in [-0.25, -0.2) is 4.98 Å². The third kappa shape index (κ3) is 4.07. The van der Waals surface area contributed by atoms with Crippen molar-refractivity contribution >= 4 is 16.7 Å². The number of pyridine rings is 2. The fourth-order valence-corrected chi connectivity index (χ4v) is 4.83. The number of anilines is 1. The molecule has 1 aliphatic heterocycles. The van der Waals surface area contributed by atoms with Crippen LogP contribution in [-0.4, -0.2) is 40.6 Å². The molecular formula is C28H27N5O. The van der Waals surface area contributed by atoms with E-state index in [2.05, 4.69) is 82.4 Å². The van der Waals surface area contributed by atoms with Crippen molar-refractivity contribution in [1.29, 1.82) is 5.26 Å². The van der Waals surface area contributed by atoms with E-state index in [9.17, 15) is 10.1 Å². The van der Waals surface area contributed by atoms with Crippen molar-refractivity contribution < 1.29 is 0 Å². The van der Waals surface area contributed by atoms with Gasteiger partial charge in [-0.2, -0.15) is 5.26 Å². The predicted molar refractivity (Wildman–Crippen MR) is 135 cm³/mol. The van der Waals surface area contributed by atoms with E-state index < -0.39 is 0 Å². The highest BCUT2D eigenvalue weighted by Crippen LogP contribution is 2.31. The van der Waals surface area contributed by atoms with Gasteiger partial charge in [-0.05, 0) is 30.2 Å². The number of aryl methyl sites for hydroxylation is 2. The number of aromatic nitrogens is 2. The zero-order valence-corrected chi connectivity index (χ0v) is 19.5. The summed E-state index contributed by atoms with van der Waals surface area (Å²) in [6.07, 6.45) is 0. The van der Waals surface area contributed by atoms with Crippen LogP contribution in [0.25, 0.3) is 11.0 Å². The van der Waals surface area contributed by atoms with Crippen LogP contribution in [0, 0.1) is 18.3 Å². The fraction of sp³-hybridized carbons (Fsp3) is 0.250. The van der Waals surface area contributed by atoms with Gasteiger partial charge in [-0.3, -0.25) is 9.69 Å². The van der Waals surface area contributed by atoms with Crippen LogP contribution in [0.5, 0.6) is 0 Å². The molecule has 5 rings (SSSR count). The second-order valence-corrected chi connectivity index (χ2v) is 8.85. The maximum absolute atomic E-state index is 12.7. The Balaban J connectivity index is 1.46. The molecular weight excluding hydrogens is 422 g/mol. The van der Waals surface area contributed by atoms with Crippen LogP contribution < -0.4 is 10.5 Å². The predicted octanol–water partition coefficient (Wildman–Crippen LogP) is 4.03. The van der Waals surface area contributed by atoms with Gasteiger partial charge in [0.05, 0.1) is 17.2 Å². The highest BCUT2D eigenvalue weighted by Gasteiger charge is 2.27. The first-order valence-corrected chi connectivity index (χ1v) is 11.6. The number of benzene rings is 2. The minimum absolute atomic E-state index is 0.0711.